The minimum Gasteiger partial charge on any atom is -0.480 e. The van der Waals surface area contributed by atoms with Crippen LogP contribution in [0.15, 0.2) is 60.9 Å². The van der Waals surface area contributed by atoms with Gasteiger partial charge in [-0.2, -0.15) is 0 Å². The van der Waals surface area contributed by atoms with E-state index in [1.807, 2.05) is 62.4 Å². The van der Waals surface area contributed by atoms with Crippen molar-refractivity contribution in [3.05, 3.63) is 106 Å². The molecule has 0 spiro atoms. The highest BCUT2D eigenvalue weighted by atomic mass is 16.4. The van der Waals surface area contributed by atoms with Crippen molar-refractivity contribution in [2.45, 2.75) is 90.4 Å². The van der Waals surface area contributed by atoms with Crippen molar-refractivity contribution >= 4 is 35.1 Å². The molecule has 0 aliphatic heterocycles. The van der Waals surface area contributed by atoms with E-state index in [0.29, 0.717) is 47.7 Å². The molecule has 2 heterocycles. The number of hydrogen-bond donors (Lipinski definition) is 6. The summed E-state index contributed by atoms with van der Waals surface area (Å²) >= 11 is 0. The second-order valence-electron chi connectivity index (χ2n) is 13.8. The summed E-state index contributed by atoms with van der Waals surface area (Å²) in [7, 11) is 0. The van der Waals surface area contributed by atoms with Crippen LogP contribution >= 0.6 is 0 Å². The maximum Gasteiger partial charge on any atom is 0.320 e. The maximum absolute atomic E-state index is 13.5. The molecule has 2 aromatic heterocycles. The monoisotopic (exact) mass is 704 g/mol. The lowest BCUT2D eigenvalue weighted by Crippen LogP contribution is -2.33. The number of aromatic nitrogens is 2. The second kappa shape index (κ2) is 15.4. The highest BCUT2D eigenvalue weighted by Gasteiger charge is 2.29. The van der Waals surface area contributed by atoms with Gasteiger partial charge in [0, 0.05) is 36.9 Å². The fourth-order valence-corrected chi connectivity index (χ4v) is 6.29. The van der Waals surface area contributed by atoms with E-state index in [1.165, 1.54) is 0 Å². The molecule has 12 heteroatoms. The minimum absolute atomic E-state index is 0.292. The standard InChI is InChI=1S/C40H44N6O6/c1-21-29(7-5-9-33(21)45-37(47)35-15-31(25-11-12-25)27(19-43-35)17-41-23(3)39(49)50)30-8-6-10-34(22(30)2)46-38(48)36-16-32(26-13-14-26)28(20-44-36)18-42-24(4)40(51)52/h5-10,15-16,19-20,23-26,41-42H,11-14,17-18H2,1-4H3,(H,45,47)(H,46,48)(H,49,50)(H,51,52). The van der Waals surface area contributed by atoms with E-state index < -0.39 is 24.0 Å². The Morgan fingerprint density at radius 1 is 0.673 bits per heavy atom. The van der Waals surface area contributed by atoms with Gasteiger partial charge >= 0.3 is 11.9 Å². The van der Waals surface area contributed by atoms with Gasteiger partial charge in [0.2, 0.25) is 0 Å². The lowest BCUT2D eigenvalue weighted by molar-refractivity contribution is -0.140. The number of amides is 2. The lowest BCUT2D eigenvalue weighted by atomic mass is 9.94. The summed E-state index contributed by atoms with van der Waals surface area (Å²) in [4.78, 5) is 58.4. The summed E-state index contributed by atoms with van der Waals surface area (Å²) in [5.41, 5.74) is 9.17. The molecule has 2 aliphatic carbocycles. The van der Waals surface area contributed by atoms with Crippen LogP contribution in [-0.2, 0) is 22.7 Å². The predicted octanol–water partition coefficient (Wildman–Crippen LogP) is 6.15. The van der Waals surface area contributed by atoms with Gasteiger partial charge in [-0.05, 0) is 134 Å². The Morgan fingerprint density at radius 2 is 1.06 bits per heavy atom. The first-order chi connectivity index (χ1) is 24.9. The van der Waals surface area contributed by atoms with Crippen molar-refractivity contribution in [2.75, 3.05) is 10.6 Å². The van der Waals surface area contributed by atoms with E-state index >= 15 is 0 Å². The molecule has 0 bridgehead atoms. The molecule has 2 aliphatic rings. The van der Waals surface area contributed by atoms with Crippen LogP contribution in [0.3, 0.4) is 0 Å². The molecule has 2 saturated carbocycles. The number of nitrogens with one attached hydrogen (secondary N) is 4. The van der Waals surface area contributed by atoms with Crippen LogP contribution < -0.4 is 21.3 Å². The molecular formula is C40H44N6O6. The largest absolute Gasteiger partial charge is 0.480 e. The van der Waals surface area contributed by atoms with Gasteiger partial charge in [-0.1, -0.05) is 24.3 Å². The number of carboxylic acid groups (broad SMARTS) is 2. The molecule has 4 aromatic rings. The molecular weight excluding hydrogens is 660 g/mol. The molecule has 6 rings (SSSR count). The summed E-state index contributed by atoms with van der Waals surface area (Å²) in [5, 5.41) is 30.5. The SMILES string of the molecule is Cc1c(NC(=O)c2cc(C3CC3)c(CNC(C)C(=O)O)cn2)cccc1-c1cccc(NC(=O)c2cc(C3CC3)c(CNC(C)C(=O)O)cn2)c1C. The first kappa shape index (κ1) is 36.3. The van der Waals surface area contributed by atoms with Gasteiger partial charge in [0.05, 0.1) is 0 Å². The van der Waals surface area contributed by atoms with E-state index in [1.54, 1.807) is 26.2 Å². The van der Waals surface area contributed by atoms with Crippen LogP contribution in [-0.4, -0.2) is 56.0 Å². The fourth-order valence-electron chi connectivity index (χ4n) is 6.29. The number of carbonyl (C=O) groups is 4. The summed E-state index contributed by atoms with van der Waals surface area (Å²) in [6.07, 6.45) is 7.39. The van der Waals surface area contributed by atoms with Crippen LogP contribution in [0.1, 0.15) is 106 Å². The molecule has 2 amide bonds. The van der Waals surface area contributed by atoms with E-state index in [0.717, 1.165) is 70.2 Å². The Labute approximate surface area is 302 Å². The molecule has 52 heavy (non-hydrogen) atoms. The molecule has 0 saturated heterocycles. The van der Waals surface area contributed by atoms with Crippen molar-refractivity contribution in [1.82, 2.24) is 20.6 Å². The van der Waals surface area contributed by atoms with Crippen LogP contribution in [0.2, 0.25) is 0 Å². The van der Waals surface area contributed by atoms with E-state index in [2.05, 4.69) is 31.2 Å². The first-order valence-corrected chi connectivity index (χ1v) is 17.6. The summed E-state index contributed by atoms with van der Waals surface area (Å²) < 4.78 is 0. The van der Waals surface area contributed by atoms with Crippen LogP contribution in [0, 0.1) is 13.8 Å². The van der Waals surface area contributed by atoms with Crippen molar-refractivity contribution in [2.24, 2.45) is 0 Å². The number of carbonyl (C=O) groups excluding carboxylic acids is 2. The van der Waals surface area contributed by atoms with Crippen LogP contribution in [0.5, 0.6) is 0 Å². The quantitative estimate of drug-likeness (QED) is 0.0840. The summed E-state index contributed by atoms with van der Waals surface area (Å²) in [6, 6.07) is 13.6. The van der Waals surface area contributed by atoms with Crippen molar-refractivity contribution in [3.63, 3.8) is 0 Å². The van der Waals surface area contributed by atoms with E-state index in [4.69, 9.17) is 0 Å². The third-order valence-corrected chi connectivity index (χ3v) is 9.94. The van der Waals surface area contributed by atoms with Crippen molar-refractivity contribution < 1.29 is 29.4 Å². The zero-order valence-corrected chi connectivity index (χ0v) is 29.7. The average Bonchev–Trinajstić information content (AvgIpc) is 4.06. The van der Waals surface area contributed by atoms with E-state index in [9.17, 15) is 29.4 Å². The highest BCUT2D eigenvalue weighted by Crippen LogP contribution is 2.43. The van der Waals surface area contributed by atoms with Gasteiger partial charge in [-0.3, -0.25) is 29.1 Å². The van der Waals surface area contributed by atoms with Gasteiger partial charge < -0.3 is 31.5 Å². The van der Waals surface area contributed by atoms with Crippen molar-refractivity contribution in [3.8, 4) is 11.1 Å². The van der Waals surface area contributed by atoms with Crippen molar-refractivity contribution in [1.29, 1.82) is 0 Å². The van der Waals surface area contributed by atoms with Crippen LogP contribution in [0.25, 0.3) is 11.1 Å². The Balaban J connectivity index is 1.18. The Bertz CT molecular complexity index is 1890. The normalized spacial score (nSPS) is 15.1. The zero-order valence-electron chi connectivity index (χ0n) is 29.7. The maximum atomic E-state index is 13.5. The fraction of sp³-hybridized carbons (Fsp3) is 0.350. The number of nitrogens with zero attached hydrogens (tertiary/aromatic N) is 2. The molecule has 12 nitrogen and oxygen atoms in total. The highest BCUT2D eigenvalue weighted by molar-refractivity contribution is 6.05. The zero-order chi connectivity index (χ0) is 37.1. The first-order valence-electron chi connectivity index (χ1n) is 17.6. The summed E-state index contributed by atoms with van der Waals surface area (Å²) in [6.45, 7) is 7.77. The number of carboxylic acids is 2. The van der Waals surface area contributed by atoms with Crippen LogP contribution in [0.4, 0.5) is 11.4 Å². The number of aliphatic carboxylic acids is 2. The number of anilines is 2. The van der Waals surface area contributed by atoms with Gasteiger partial charge in [0.1, 0.15) is 23.5 Å². The smallest absolute Gasteiger partial charge is 0.320 e. The Morgan fingerprint density at radius 3 is 1.40 bits per heavy atom. The summed E-state index contributed by atoms with van der Waals surface area (Å²) in [5.74, 6) is -1.87. The molecule has 2 unspecified atom stereocenters. The van der Waals surface area contributed by atoms with E-state index in [-0.39, 0.29) is 11.8 Å². The number of hydrogen-bond acceptors (Lipinski definition) is 8. The Hall–Kier alpha value is -5.46. The van der Waals surface area contributed by atoms with Gasteiger partial charge in [0.15, 0.2) is 0 Å². The molecule has 2 fully saturated rings. The number of rotatable bonds is 15. The predicted molar refractivity (Wildman–Crippen MR) is 198 cm³/mol. The Kier molecular flexibility index (Phi) is 10.8. The molecule has 6 N–H and O–H groups in total. The number of pyridine rings is 2. The third-order valence-electron chi connectivity index (χ3n) is 9.94. The third kappa shape index (κ3) is 8.35. The minimum atomic E-state index is -0.928. The second-order valence-corrected chi connectivity index (χ2v) is 13.8. The molecule has 270 valence electrons. The topological polar surface area (TPSA) is 183 Å². The molecule has 2 atom stereocenters. The molecule has 0 radical (unpaired) electrons. The van der Waals surface area contributed by atoms with Gasteiger partial charge in [-0.15, -0.1) is 0 Å². The number of benzene rings is 2. The van der Waals surface area contributed by atoms with Gasteiger partial charge in [0.25, 0.3) is 11.8 Å². The average molecular weight is 705 g/mol. The lowest BCUT2D eigenvalue weighted by Gasteiger charge is -2.17. The van der Waals surface area contributed by atoms with Gasteiger partial charge in [-0.25, -0.2) is 0 Å². The molecule has 2 aromatic carbocycles.